The average Bonchev–Trinajstić information content (AvgIpc) is 3.24. The van der Waals surface area contributed by atoms with Gasteiger partial charge in [-0.3, -0.25) is 4.79 Å². The summed E-state index contributed by atoms with van der Waals surface area (Å²) in [6.07, 6.45) is 3.18. The summed E-state index contributed by atoms with van der Waals surface area (Å²) < 4.78 is 11.2. The van der Waals surface area contributed by atoms with Gasteiger partial charge in [0.05, 0.1) is 23.3 Å². The number of furan rings is 1. The maximum absolute atomic E-state index is 12.5. The summed E-state index contributed by atoms with van der Waals surface area (Å²) in [7, 11) is 0. The Morgan fingerprint density at radius 1 is 0.931 bits per heavy atom. The van der Waals surface area contributed by atoms with Gasteiger partial charge < -0.3 is 14.1 Å². The van der Waals surface area contributed by atoms with E-state index in [2.05, 4.69) is 4.90 Å². The third-order valence-corrected chi connectivity index (χ3v) is 5.50. The van der Waals surface area contributed by atoms with E-state index >= 15 is 0 Å². The highest BCUT2D eigenvalue weighted by atomic mass is 35.5. The minimum atomic E-state index is -0.0778. The van der Waals surface area contributed by atoms with E-state index < -0.39 is 0 Å². The van der Waals surface area contributed by atoms with E-state index in [1.165, 1.54) is 6.08 Å². The smallest absolute Gasteiger partial charge is 0.185 e. The highest BCUT2D eigenvalue weighted by Crippen LogP contribution is 2.30. The number of morpholine rings is 1. The first kappa shape index (κ1) is 19.8. The highest BCUT2D eigenvalue weighted by molar-refractivity contribution is 6.42. The minimum absolute atomic E-state index is 0.0778. The Kier molecular flexibility index (Phi) is 6.05. The lowest BCUT2D eigenvalue weighted by Gasteiger charge is -2.28. The Labute approximate surface area is 179 Å². The SMILES string of the molecule is O=C(C=Cc1ccc(-c2ccc(Cl)c(Cl)c2)o1)c1ccc(N2CCOCC2)cc1. The largest absolute Gasteiger partial charge is 0.457 e. The van der Waals surface area contributed by atoms with E-state index in [0.29, 0.717) is 27.1 Å². The van der Waals surface area contributed by atoms with Crippen LogP contribution < -0.4 is 4.90 Å². The van der Waals surface area contributed by atoms with Crippen LogP contribution in [0.2, 0.25) is 10.0 Å². The lowest BCUT2D eigenvalue weighted by atomic mass is 10.1. The second-order valence-corrected chi connectivity index (χ2v) is 7.49. The number of allylic oxidation sites excluding steroid dienone is 1. The van der Waals surface area contributed by atoms with Crippen molar-refractivity contribution < 1.29 is 13.9 Å². The molecule has 0 atom stereocenters. The molecule has 1 saturated heterocycles. The third-order valence-electron chi connectivity index (χ3n) is 4.76. The lowest BCUT2D eigenvalue weighted by molar-refractivity contribution is 0.104. The predicted octanol–water partition coefficient (Wildman–Crippen LogP) is 5.99. The van der Waals surface area contributed by atoms with Gasteiger partial charge in [-0.25, -0.2) is 0 Å². The van der Waals surface area contributed by atoms with Crippen molar-refractivity contribution in [2.24, 2.45) is 0 Å². The van der Waals surface area contributed by atoms with Gasteiger partial charge in [-0.15, -0.1) is 0 Å². The van der Waals surface area contributed by atoms with Crippen LogP contribution in [0.3, 0.4) is 0 Å². The summed E-state index contributed by atoms with van der Waals surface area (Å²) in [5.74, 6) is 1.17. The Bertz CT molecular complexity index is 1030. The molecular formula is C23H19Cl2NO3. The first-order chi connectivity index (χ1) is 14.1. The van der Waals surface area contributed by atoms with Crippen LogP contribution in [0.4, 0.5) is 5.69 Å². The number of ketones is 1. The van der Waals surface area contributed by atoms with E-state index in [4.69, 9.17) is 32.4 Å². The van der Waals surface area contributed by atoms with Crippen molar-refractivity contribution in [2.45, 2.75) is 0 Å². The summed E-state index contributed by atoms with van der Waals surface area (Å²) in [5, 5.41) is 0.959. The summed E-state index contributed by atoms with van der Waals surface area (Å²) >= 11 is 12.0. The van der Waals surface area contributed by atoms with Gasteiger partial charge in [-0.05, 0) is 66.7 Å². The molecule has 0 amide bonds. The molecule has 0 radical (unpaired) electrons. The number of anilines is 1. The molecule has 4 rings (SSSR count). The van der Waals surface area contributed by atoms with Crippen molar-refractivity contribution in [3.63, 3.8) is 0 Å². The van der Waals surface area contributed by atoms with Crippen LogP contribution in [0.5, 0.6) is 0 Å². The molecule has 1 aromatic heterocycles. The molecule has 0 spiro atoms. The molecule has 1 fully saturated rings. The third kappa shape index (κ3) is 4.73. The standard InChI is InChI=1S/C23H19Cl2NO3/c24-20-8-3-17(15-21(20)25)23-10-7-19(29-23)6-9-22(27)16-1-4-18(5-2-16)26-11-13-28-14-12-26/h1-10,15H,11-14H2. The lowest BCUT2D eigenvalue weighted by Crippen LogP contribution is -2.36. The maximum atomic E-state index is 12.5. The molecule has 6 heteroatoms. The minimum Gasteiger partial charge on any atom is -0.457 e. The first-order valence-electron chi connectivity index (χ1n) is 9.30. The molecule has 4 nitrogen and oxygen atoms in total. The van der Waals surface area contributed by atoms with Crippen molar-refractivity contribution in [1.82, 2.24) is 0 Å². The average molecular weight is 428 g/mol. The van der Waals surface area contributed by atoms with Crippen LogP contribution in [0, 0.1) is 0 Å². The fourth-order valence-corrected chi connectivity index (χ4v) is 3.46. The Morgan fingerprint density at radius 3 is 2.41 bits per heavy atom. The molecule has 1 aliphatic heterocycles. The van der Waals surface area contributed by atoms with Gasteiger partial charge in [0.25, 0.3) is 0 Å². The molecular weight excluding hydrogens is 409 g/mol. The second kappa shape index (κ2) is 8.87. The Balaban J connectivity index is 1.43. The number of hydrogen-bond donors (Lipinski definition) is 0. The van der Waals surface area contributed by atoms with E-state index in [0.717, 1.165) is 37.6 Å². The van der Waals surface area contributed by atoms with Gasteiger partial charge in [0.1, 0.15) is 11.5 Å². The Hall–Kier alpha value is -2.53. The molecule has 0 unspecified atom stereocenters. The van der Waals surface area contributed by atoms with Crippen LogP contribution in [0.1, 0.15) is 16.1 Å². The van der Waals surface area contributed by atoms with Gasteiger partial charge in [0.15, 0.2) is 5.78 Å². The number of nitrogens with zero attached hydrogens (tertiary/aromatic N) is 1. The molecule has 3 aromatic rings. The molecule has 2 heterocycles. The van der Waals surface area contributed by atoms with Gasteiger partial charge in [0, 0.05) is 29.9 Å². The highest BCUT2D eigenvalue weighted by Gasteiger charge is 2.12. The topological polar surface area (TPSA) is 42.7 Å². The van der Waals surface area contributed by atoms with E-state index in [9.17, 15) is 4.79 Å². The van der Waals surface area contributed by atoms with Crippen molar-refractivity contribution >= 4 is 40.7 Å². The quantitative estimate of drug-likeness (QED) is 0.370. The zero-order valence-electron chi connectivity index (χ0n) is 15.6. The van der Waals surface area contributed by atoms with Gasteiger partial charge in [-0.1, -0.05) is 23.2 Å². The van der Waals surface area contributed by atoms with Crippen LogP contribution in [0.15, 0.2) is 65.1 Å². The van der Waals surface area contributed by atoms with E-state index in [1.807, 2.05) is 42.5 Å². The number of ether oxygens (including phenoxy) is 1. The summed E-state index contributed by atoms with van der Waals surface area (Å²) in [6.45, 7) is 3.20. The number of halogens is 2. The molecule has 1 aliphatic rings. The predicted molar refractivity (Wildman–Crippen MR) is 117 cm³/mol. The summed E-state index contributed by atoms with van der Waals surface area (Å²) in [4.78, 5) is 14.7. The Morgan fingerprint density at radius 2 is 1.69 bits per heavy atom. The van der Waals surface area contributed by atoms with Crippen molar-refractivity contribution in [3.8, 4) is 11.3 Å². The molecule has 0 N–H and O–H groups in total. The number of rotatable bonds is 5. The van der Waals surface area contributed by atoms with Crippen LogP contribution >= 0.6 is 23.2 Å². The van der Waals surface area contributed by atoms with Crippen molar-refractivity contribution in [1.29, 1.82) is 0 Å². The van der Waals surface area contributed by atoms with Gasteiger partial charge in [0.2, 0.25) is 0 Å². The first-order valence-corrected chi connectivity index (χ1v) is 10.1. The van der Waals surface area contributed by atoms with Crippen molar-refractivity contribution in [2.75, 3.05) is 31.2 Å². The second-order valence-electron chi connectivity index (χ2n) is 6.67. The fraction of sp³-hybridized carbons (Fsp3) is 0.174. The molecule has 148 valence electrons. The monoisotopic (exact) mass is 427 g/mol. The number of carbonyl (C=O) groups is 1. The van der Waals surface area contributed by atoms with Crippen molar-refractivity contribution in [3.05, 3.63) is 82.0 Å². The van der Waals surface area contributed by atoms with Crippen LogP contribution in [0.25, 0.3) is 17.4 Å². The van der Waals surface area contributed by atoms with Gasteiger partial charge in [-0.2, -0.15) is 0 Å². The summed E-state index contributed by atoms with van der Waals surface area (Å²) in [6, 6.07) is 16.6. The molecule has 0 saturated carbocycles. The normalized spacial score (nSPS) is 14.5. The fourth-order valence-electron chi connectivity index (χ4n) is 3.16. The zero-order valence-corrected chi connectivity index (χ0v) is 17.1. The van der Waals surface area contributed by atoms with Crippen LogP contribution in [-0.2, 0) is 4.74 Å². The number of hydrogen-bond acceptors (Lipinski definition) is 4. The van der Waals surface area contributed by atoms with E-state index in [1.54, 1.807) is 18.2 Å². The van der Waals surface area contributed by atoms with E-state index in [-0.39, 0.29) is 5.78 Å². The number of benzene rings is 2. The summed E-state index contributed by atoms with van der Waals surface area (Å²) in [5.41, 5.74) is 2.56. The number of carbonyl (C=O) groups excluding carboxylic acids is 1. The molecule has 0 bridgehead atoms. The maximum Gasteiger partial charge on any atom is 0.185 e. The molecule has 29 heavy (non-hydrogen) atoms. The molecule has 2 aromatic carbocycles. The molecule has 0 aliphatic carbocycles. The zero-order chi connectivity index (χ0) is 20.2. The van der Waals surface area contributed by atoms with Crippen LogP contribution in [-0.4, -0.2) is 32.1 Å². The van der Waals surface area contributed by atoms with Gasteiger partial charge >= 0.3 is 0 Å².